The molecule has 0 amide bonds. The van der Waals surface area contributed by atoms with E-state index >= 15 is 0 Å². The average molecular weight is 654 g/mol. The minimum atomic E-state index is -0.0926. The molecular weight excluding hydrogens is 619 g/mol. The van der Waals surface area contributed by atoms with Gasteiger partial charge in [-0.25, -0.2) is 4.98 Å². The van der Waals surface area contributed by atoms with Crippen LogP contribution in [0.2, 0.25) is 0 Å². The zero-order valence-electron chi connectivity index (χ0n) is 28.6. The van der Waals surface area contributed by atoms with E-state index in [4.69, 9.17) is 4.98 Å². The van der Waals surface area contributed by atoms with Gasteiger partial charge in [0.2, 0.25) is 0 Å². The molecule has 0 fully saturated rings. The van der Waals surface area contributed by atoms with Gasteiger partial charge >= 0.3 is 0 Å². The Morgan fingerprint density at radius 1 is 0.451 bits per heavy atom. The summed E-state index contributed by atoms with van der Waals surface area (Å²) < 4.78 is 4.69. The van der Waals surface area contributed by atoms with E-state index in [1.807, 2.05) is 0 Å². The monoisotopic (exact) mass is 653 g/mol. The van der Waals surface area contributed by atoms with Crippen LogP contribution in [0.1, 0.15) is 25.0 Å². The van der Waals surface area contributed by atoms with Crippen LogP contribution in [0.4, 0.5) is 0 Å². The molecule has 2 aromatic heterocycles. The molecule has 0 radical (unpaired) electrons. The number of fused-ring (bicyclic) bond motifs is 6. The molecular formula is C48H35N3. The van der Waals surface area contributed by atoms with Crippen molar-refractivity contribution in [2.75, 3.05) is 0 Å². The highest BCUT2D eigenvalue weighted by Gasteiger charge is 2.35. The van der Waals surface area contributed by atoms with Crippen molar-refractivity contribution in [2.45, 2.75) is 19.3 Å². The first kappa shape index (κ1) is 29.5. The fraction of sp³-hybridized carbons (Fsp3) is 0.0625. The lowest BCUT2D eigenvalue weighted by Crippen LogP contribution is -2.14. The van der Waals surface area contributed by atoms with E-state index in [1.54, 1.807) is 0 Å². The molecule has 0 unspecified atom stereocenters. The number of rotatable bonds is 5. The predicted molar refractivity (Wildman–Crippen MR) is 212 cm³/mol. The van der Waals surface area contributed by atoms with E-state index < -0.39 is 0 Å². The topological polar surface area (TPSA) is 22.8 Å². The number of para-hydroxylation sites is 2. The van der Waals surface area contributed by atoms with Crippen molar-refractivity contribution in [2.24, 2.45) is 0 Å². The maximum atomic E-state index is 5.27. The van der Waals surface area contributed by atoms with Crippen LogP contribution in [0.5, 0.6) is 0 Å². The third-order valence-corrected chi connectivity index (χ3v) is 10.7. The highest BCUT2D eigenvalue weighted by Crippen LogP contribution is 2.49. The first-order valence-electron chi connectivity index (χ1n) is 17.6. The fourth-order valence-electron chi connectivity index (χ4n) is 8.23. The highest BCUT2D eigenvalue weighted by molar-refractivity contribution is 6.09. The second-order valence-corrected chi connectivity index (χ2v) is 14.1. The van der Waals surface area contributed by atoms with Crippen molar-refractivity contribution in [3.63, 3.8) is 0 Å². The Morgan fingerprint density at radius 3 is 1.76 bits per heavy atom. The average Bonchev–Trinajstić information content (AvgIpc) is 3.85. The number of hydrogen-bond acceptors (Lipinski definition) is 1. The van der Waals surface area contributed by atoms with Crippen LogP contribution < -0.4 is 0 Å². The number of nitrogens with zero attached hydrogens (tertiary/aromatic N) is 3. The molecule has 0 spiro atoms. The summed E-state index contributed by atoms with van der Waals surface area (Å²) in [5, 5.41) is 2.49. The van der Waals surface area contributed by atoms with Crippen molar-refractivity contribution in [3.8, 4) is 56.3 Å². The Bertz CT molecular complexity index is 2710. The number of imidazole rings is 1. The summed E-state index contributed by atoms with van der Waals surface area (Å²) >= 11 is 0. The lowest BCUT2D eigenvalue weighted by Gasteiger charge is -2.22. The van der Waals surface area contributed by atoms with Crippen LogP contribution in [0, 0.1) is 0 Å². The van der Waals surface area contributed by atoms with Crippen molar-refractivity contribution < 1.29 is 0 Å². The van der Waals surface area contributed by atoms with Gasteiger partial charge in [0.25, 0.3) is 0 Å². The summed E-state index contributed by atoms with van der Waals surface area (Å²) in [6.07, 6.45) is 2.19. The van der Waals surface area contributed by atoms with Gasteiger partial charge in [-0.2, -0.15) is 0 Å². The predicted octanol–water partition coefficient (Wildman–Crippen LogP) is 12.3. The molecule has 0 N–H and O–H groups in total. The molecule has 9 aromatic rings. The molecule has 10 rings (SSSR count). The van der Waals surface area contributed by atoms with Gasteiger partial charge in [0.15, 0.2) is 0 Å². The zero-order valence-corrected chi connectivity index (χ0v) is 28.6. The lowest BCUT2D eigenvalue weighted by atomic mass is 9.81. The van der Waals surface area contributed by atoms with E-state index in [2.05, 4.69) is 199 Å². The molecule has 242 valence electrons. The SMILES string of the molecule is CC1(C)c2ccccc2-c2ccc(-c3cc(-n4cc(-c5ccccc5)nc4-c4ccccc4)cc(-n4c5ccccc5c5ccccc54)c3)cc21. The van der Waals surface area contributed by atoms with Gasteiger partial charge in [0.05, 0.1) is 16.7 Å². The molecule has 0 saturated heterocycles. The first-order chi connectivity index (χ1) is 25.0. The summed E-state index contributed by atoms with van der Waals surface area (Å²) in [7, 11) is 0. The first-order valence-corrected chi connectivity index (χ1v) is 17.6. The molecule has 0 saturated carbocycles. The molecule has 1 aliphatic rings. The minimum Gasteiger partial charge on any atom is -0.309 e. The van der Waals surface area contributed by atoms with Crippen LogP contribution >= 0.6 is 0 Å². The molecule has 7 aromatic carbocycles. The van der Waals surface area contributed by atoms with Crippen LogP contribution in [0.3, 0.4) is 0 Å². The number of aromatic nitrogens is 3. The van der Waals surface area contributed by atoms with Gasteiger partial charge in [0, 0.05) is 44.9 Å². The zero-order chi connectivity index (χ0) is 34.1. The molecule has 0 aliphatic heterocycles. The Balaban J connectivity index is 1.25. The van der Waals surface area contributed by atoms with Crippen LogP contribution in [0.25, 0.3) is 78.1 Å². The maximum Gasteiger partial charge on any atom is 0.145 e. The fourth-order valence-corrected chi connectivity index (χ4v) is 8.23. The standard InChI is InChI=1S/C48H35N3/c1-48(2)42-22-12-9-19-38(42)39-26-25-34(29-43(39)48)35-27-36(30-37(28-35)51-45-23-13-10-20-40(45)41-21-11-14-24-46(41)51)50-31-44(32-15-5-3-6-16-32)49-47(50)33-17-7-4-8-18-33/h3-31H,1-2H3. The van der Waals surface area contributed by atoms with Gasteiger partial charge in [0.1, 0.15) is 5.82 Å². The lowest BCUT2D eigenvalue weighted by molar-refractivity contribution is 0.660. The van der Waals surface area contributed by atoms with Crippen LogP contribution in [-0.4, -0.2) is 14.1 Å². The van der Waals surface area contributed by atoms with E-state index in [-0.39, 0.29) is 5.41 Å². The van der Waals surface area contributed by atoms with Gasteiger partial charge in [-0.1, -0.05) is 147 Å². The Kier molecular flexibility index (Phi) is 6.53. The molecule has 2 heterocycles. The van der Waals surface area contributed by atoms with Crippen LogP contribution in [-0.2, 0) is 5.41 Å². The molecule has 3 nitrogen and oxygen atoms in total. The van der Waals surface area contributed by atoms with E-state index in [0.717, 1.165) is 39.6 Å². The summed E-state index contributed by atoms with van der Waals surface area (Å²) in [4.78, 5) is 5.27. The van der Waals surface area contributed by atoms with Crippen molar-refractivity contribution in [3.05, 3.63) is 187 Å². The van der Waals surface area contributed by atoms with Gasteiger partial charge in [-0.3, -0.25) is 4.57 Å². The Labute approximate surface area is 297 Å². The summed E-state index contributed by atoms with van der Waals surface area (Å²) in [5.41, 5.74) is 15.3. The Morgan fingerprint density at radius 2 is 1.04 bits per heavy atom. The van der Waals surface area contributed by atoms with Gasteiger partial charge in [-0.05, 0) is 69.8 Å². The molecule has 3 heteroatoms. The summed E-state index contributed by atoms with van der Waals surface area (Å²) in [6.45, 7) is 4.70. The number of benzene rings is 7. The second-order valence-electron chi connectivity index (χ2n) is 14.1. The summed E-state index contributed by atoms with van der Waals surface area (Å²) in [5.74, 6) is 0.908. The molecule has 0 bridgehead atoms. The van der Waals surface area contributed by atoms with E-state index in [9.17, 15) is 0 Å². The quantitative estimate of drug-likeness (QED) is 0.181. The van der Waals surface area contributed by atoms with Crippen molar-refractivity contribution in [1.29, 1.82) is 0 Å². The van der Waals surface area contributed by atoms with Crippen molar-refractivity contribution in [1.82, 2.24) is 14.1 Å². The molecule has 51 heavy (non-hydrogen) atoms. The summed E-state index contributed by atoms with van der Waals surface area (Å²) in [6, 6.07) is 61.4. The molecule has 1 aliphatic carbocycles. The largest absolute Gasteiger partial charge is 0.309 e. The van der Waals surface area contributed by atoms with E-state index in [0.29, 0.717) is 0 Å². The Hall–Kier alpha value is -6.45. The van der Waals surface area contributed by atoms with Crippen molar-refractivity contribution >= 4 is 21.8 Å². The smallest absolute Gasteiger partial charge is 0.145 e. The molecule has 0 atom stereocenters. The minimum absolute atomic E-state index is 0.0926. The third-order valence-electron chi connectivity index (χ3n) is 10.7. The second kappa shape index (κ2) is 11.3. The van der Waals surface area contributed by atoms with Crippen LogP contribution in [0.15, 0.2) is 176 Å². The third kappa shape index (κ3) is 4.62. The van der Waals surface area contributed by atoms with E-state index in [1.165, 1.54) is 49.6 Å². The highest BCUT2D eigenvalue weighted by atomic mass is 15.1. The maximum absolute atomic E-state index is 5.27. The normalized spacial score (nSPS) is 13.1. The van der Waals surface area contributed by atoms with Gasteiger partial charge < -0.3 is 4.57 Å². The van der Waals surface area contributed by atoms with Gasteiger partial charge in [-0.15, -0.1) is 0 Å². The number of hydrogen-bond donors (Lipinski definition) is 0.